The van der Waals surface area contributed by atoms with Gasteiger partial charge in [-0.25, -0.2) is 9.97 Å². The average molecular weight is 395 g/mol. The number of nitrogens with zero attached hydrogens (tertiary/aromatic N) is 6. The highest BCUT2D eigenvalue weighted by Crippen LogP contribution is 2.25. The molecule has 1 amide bonds. The van der Waals surface area contributed by atoms with Crippen LogP contribution in [0.4, 0.5) is 11.1 Å². The van der Waals surface area contributed by atoms with Gasteiger partial charge in [-0.15, -0.1) is 10.2 Å². The van der Waals surface area contributed by atoms with Gasteiger partial charge in [0.1, 0.15) is 10.7 Å². The van der Waals surface area contributed by atoms with Crippen molar-refractivity contribution in [2.24, 2.45) is 0 Å². The molecule has 0 spiro atoms. The van der Waals surface area contributed by atoms with E-state index < -0.39 is 0 Å². The smallest absolute Gasteiger partial charge is 0.261 e. The lowest BCUT2D eigenvalue weighted by Gasteiger charge is -2.17. The Labute approximate surface area is 167 Å². The predicted molar refractivity (Wildman–Crippen MR) is 109 cm³/mol. The van der Waals surface area contributed by atoms with Crippen molar-refractivity contribution in [1.82, 2.24) is 25.1 Å². The van der Waals surface area contributed by atoms with Gasteiger partial charge in [0, 0.05) is 31.9 Å². The van der Waals surface area contributed by atoms with Gasteiger partial charge in [0.25, 0.3) is 5.91 Å². The Morgan fingerprint density at radius 1 is 1.21 bits per heavy atom. The van der Waals surface area contributed by atoms with Gasteiger partial charge in [-0.3, -0.25) is 15.1 Å². The highest BCUT2D eigenvalue weighted by atomic mass is 32.1. The first-order chi connectivity index (χ1) is 13.7. The Kier molecular flexibility index (Phi) is 5.52. The minimum Gasteiger partial charge on any atom is -0.341 e. The Bertz CT molecular complexity index is 954. The van der Waals surface area contributed by atoms with Crippen LogP contribution in [0.1, 0.15) is 41.6 Å². The summed E-state index contributed by atoms with van der Waals surface area (Å²) < 4.78 is 0. The molecular formula is C19H21N7OS. The Balaban J connectivity index is 1.65. The fourth-order valence-electron chi connectivity index (χ4n) is 3.09. The quantitative estimate of drug-likeness (QED) is 0.684. The zero-order valence-corrected chi connectivity index (χ0v) is 16.4. The third kappa shape index (κ3) is 3.99. The van der Waals surface area contributed by atoms with Crippen molar-refractivity contribution < 1.29 is 4.79 Å². The number of carbonyl (C=O) groups is 1. The lowest BCUT2D eigenvalue weighted by atomic mass is 10.1. The number of aryl methyl sites for hydroxylation is 1. The molecule has 1 N–H and O–H groups in total. The van der Waals surface area contributed by atoms with Gasteiger partial charge in [0.2, 0.25) is 11.1 Å². The SMILES string of the molecule is CCCc1nnc(NC(=O)c2cnc(N3CCCC3)nc2-c2ccccn2)s1. The van der Waals surface area contributed by atoms with Crippen LogP contribution in [0.15, 0.2) is 30.6 Å². The lowest BCUT2D eigenvalue weighted by molar-refractivity contribution is 0.102. The maximum atomic E-state index is 12.9. The van der Waals surface area contributed by atoms with Gasteiger partial charge in [-0.05, 0) is 31.4 Å². The Hall–Kier alpha value is -2.94. The van der Waals surface area contributed by atoms with Crippen LogP contribution in [0.3, 0.4) is 0 Å². The maximum absolute atomic E-state index is 12.9. The van der Waals surface area contributed by atoms with Crippen molar-refractivity contribution in [2.45, 2.75) is 32.6 Å². The average Bonchev–Trinajstić information content (AvgIpc) is 3.41. The minimum atomic E-state index is -0.312. The molecule has 144 valence electrons. The van der Waals surface area contributed by atoms with Crippen LogP contribution in [0.25, 0.3) is 11.4 Å². The molecule has 0 aliphatic carbocycles. The van der Waals surface area contributed by atoms with Crippen LogP contribution in [0.5, 0.6) is 0 Å². The first-order valence-corrected chi connectivity index (χ1v) is 10.2. The first kappa shape index (κ1) is 18.4. The van der Waals surface area contributed by atoms with Gasteiger partial charge in [-0.1, -0.05) is 24.3 Å². The molecule has 4 heterocycles. The second-order valence-electron chi connectivity index (χ2n) is 6.55. The lowest BCUT2D eigenvalue weighted by Crippen LogP contribution is -2.22. The van der Waals surface area contributed by atoms with E-state index in [0.29, 0.717) is 28.0 Å². The summed E-state index contributed by atoms with van der Waals surface area (Å²) in [6, 6.07) is 5.56. The van der Waals surface area contributed by atoms with Gasteiger partial charge in [-0.2, -0.15) is 0 Å². The number of hydrogen-bond donors (Lipinski definition) is 1. The van der Waals surface area contributed by atoms with Crippen molar-refractivity contribution in [2.75, 3.05) is 23.3 Å². The van der Waals surface area contributed by atoms with Crippen molar-refractivity contribution in [3.63, 3.8) is 0 Å². The van der Waals surface area contributed by atoms with Gasteiger partial charge in [0.15, 0.2) is 0 Å². The van der Waals surface area contributed by atoms with E-state index in [1.165, 1.54) is 11.3 Å². The topological polar surface area (TPSA) is 96.8 Å². The molecule has 0 unspecified atom stereocenters. The standard InChI is InChI=1S/C19H21N7OS/c1-2-7-15-24-25-19(28-15)23-17(27)13-12-21-18(26-10-5-6-11-26)22-16(13)14-8-3-4-9-20-14/h3-4,8-9,12H,2,5-7,10-11H2,1H3,(H,23,25,27). The summed E-state index contributed by atoms with van der Waals surface area (Å²) in [6.45, 7) is 3.94. The largest absolute Gasteiger partial charge is 0.341 e. The fraction of sp³-hybridized carbons (Fsp3) is 0.368. The predicted octanol–water partition coefficient (Wildman–Crippen LogP) is 3.20. The molecule has 0 bridgehead atoms. The van der Waals surface area contributed by atoms with E-state index >= 15 is 0 Å². The minimum absolute atomic E-state index is 0.312. The molecular weight excluding hydrogens is 374 g/mol. The zero-order chi connectivity index (χ0) is 19.3. The molecule has 0 saturated carbocycles. The number of hydrogen-bond acceptors (Lipinski definition) is 8. The van der Waals surface area contributed by atoms with E-state index in [-0.39, 0.29) is 5.91 Å². The molecule has 0 atom stereocenters. The van der Waals surface area contributed by atoms with Crippen LogP contribution in [-0.2, 0) is 6.42 Å². The normalized spacial score (nSPS) is 13.7. The summed E-state index contributed by atoms with van der Waals surface area (Å²) in [7, 11) is 0. The summed E-state index contributed by atoms with van der Waals surface area (Å²) in [5.74, 6) is 0.323. The van der Waals surface area contributed by atoms with E-state index in [4.69, 9.17) is 0 Å². The third-order valence-corrected chi connectivity index (χ3v) is 5.37. The summed E-state index contributed by atoms with van der Waals surface area (Å²) in [5, 5.41) is 12.4. The molecule has 4 rings (SSSR count). The van der Waals surface area contributed by atoms with Gasteiger partial charge in [0.05, 0.1) is 11.3 Å². The van der Waals surface area contributed by atoms with Crippen molar-refractivity contribution >= 4 is 28.3 Å². The summed E-state index contributed by atoms with van der Waals surface area (Å²) in [5.41, 5.74) is 1.53. The Morgan fingerprint density at radius 3 is 2.82 bits per heavy atom. The van der Waals surface area contributed by atoms with E-state index in [1.54, 1.807) is 12.4 Å². The summed E-state index contributed by atoms with van der Waals surface area (Å²) in [4.78, 5) is 28.5. The van der Waals surface area contributed by atoms with Crippen LogP contribution in [0, 0.1) is 0 Å². The van der Waals surface area contributed by atoms with Gasteiger partial charge < -0.3 is 4.90 Å². The number of carbonyl (C=O) groups excluding carboxylic acids is 1. The summed E-state index contributed by atoms with van der Waals surface area (Å²) >= 11 is 1.39. The number of amides is 1. The highest BCUT2D eigenvalue weighted by Gasteiger charge is 2.22. The molecule has 0 radical (unpaired) electrons. The zero-order valence-electron chi connectivity index (χ0n) is 15.6. The fourth-order valence-corrected chi connectivity index (χ4v) is 3.93. The summed E-state index contributed by atoms with van der Waals surface area (Å²) in [6.07, 6.45) is 7.35. The van der Waals surface area contributed by atoms with E-state index in [0.717, 1.165) is 43.8 Å². The number of pyridine rings is 1. The van der Waals surface area contributed by atoms with Crippen LogP contribution < -0.4 is 10.2 Å². The second kappa shape index (κ2) is 8.39. The van der Waals surface area contributed by atoms with Crippen molar-refractivity contribution in [3.8, 4) is 11.4 Å². The molecule has 9 heteroatoms. The second-order valence-corrected chi connectivity index (χ2v) is 7.61. The molecule has 1 saturated heterocycles. The molecule has 28 heavy (non-hydrogen) atoms. The number of rotatable bonds is 6. The molecule has 8 nitrogen and oxygen atoms in total. The highest BCUT2D eigenvalue weighted by molar-refractivity contribution is 7.15. The van der Waals surface area contributed by atoms with E-state index in [2.05, 4.69) is 42.3 Å². The van der Waals surface area contributed by atoms with E-state index in [9.17, 15) is 4.79 Å². The molecule has 1 aliphatic rings. The number of aromatic nitrogens is 5. The Morgan fingerprint density at radius 2 is 2.07 bits per heavy atom. The molecule has 1 aliphatic heterocycles. The maximum Gasteiger partial charge on any atom is 0.261 e. The molecule has 1 fully saturated rings. The van der Waals surface area contributed by atoms with E-state index in [1.807, 2.05) is 18.2 Å². The van der Waals surface area contributed by atoms with Gasteiger partial charge >= 0.3 is 0 Å². The monoisotopic (exact) mass is 395 g/mol. The number of nitrogens with one attached hydrogen (secondary N) is 1. The third-order valence-electron chi connectivity index (χ3n) is 4.47. The van der Waals surface area contributed by atoms with Crippen LogP contribution >= 0.6 is 11.3 Å². The van der Waals surface area contributed by atoms with Crippen LogP contribution in [-0.4, -0.2) is 44.1 Å². The molecule has 3 aromatic rings. The van der Waals surface area contributed by atoms with Crippen molar-refractivity contribution in [3.05, 3.63) is 41.2 Å². The van der Waals surface area contributed by atoms with Crippen molar-refractivity contribution in [1.29, 1.82) is 0 Å². The molecule has 0 aromatic carbocycles. The molecule has 3 aromatic heterocycles. The number of anilines is 2. The first-order valence-electron chi connectivity index (χ1n) is 9.41. The van der Waals surface area contributed by atoms with Crippen LogP contribution in [0.2, 0.25) is 0 Å².